The summed E-state index contributed by atoms with van der Waals surface area (Å²) in [7, 11) is 0. The molecule has 0 radical (unpaired) electrons. The van der Waals surface area contributed by atoms with Crippen molar-refractivity contribution in [2.24, 2.45) is 0 Å². The summed E-state index contributed by atoms with van der Waals surface area (Å²) in [6.07, 6.45) is 3.89. The third-order valence-electron chi connectivity index (χ3n) is 7.05. The summed E-state index contributed by atoms with van der Waals surface area (Å²) in [5.41, 5.74) is 9.45. The molecule has 1 fully saturated rings. The summed E-state index contributed by atoms with van der Waals surface area (Å²) >= 11 is 0. The molecule has 1 aliphatic heterocycles. The lowest BCUT2D eigenvalue weighted by molar-refractivity contribution is 0.257. The SMILES string of the molecule is Cc1cc(CNCCN2CCN(c3cccc(C)c3C)CC2)c(C(C)(C)C)c(-n2cccn2)c1. The van der Waals surface area contributed by atoms with E-state index >= 15 is 0 Å². The molecular formula is C29H41N5. The highest BCUT2D eigenvalue weighted by atomic mass is 15.3. The highest BCUT2D eigenvalue weighted by Crippen LogP contribution is 2.33. The number of rotatable bonds is 7. The minimum absolute atomic E-state index is 0.0379. The lowest BCUT2D eigenvalue weighted by Gasteiger charge is -2.37. The third-order valence-corrected chi connectivity index (χ3v) is 7.05. The second-order valence-corrected chi connectivity index (χ2v) is 10.7. The van der Waals surface area contributed by atoms with Crippen molar-refractivity contribution in [3.8, 4) is 5.69 Å². The highest BCUT2D eigenvalue weighted by molar-refractivity contribution is 5.56. The Bertz CT molecular complexity index is 1090. The molecule has 0 bridgehead atoms. The Balaban J connectivity index is 1.34. The summed E-state index contributed by atoms with van der Waals surface area (Å²) in [6, 6.07) is 13.2. The van der Waals surface area contributed by atoms with Crippen molar-refractivity contribution in [1.82, 2.24) is 20.0 Å². The minimum atomic E-state index is 0.0379. The molecule has 5 nitrogen and oxygen atoms in total. The van der Waals surface area contributed by atoms with Crippen LogP contribution in [0.4, 0.5) is 5.69 Å². The van der Waals surface area contributed by atoms with Gasteiger partial charge in [0, 0.05) is 63.9 Å². The van der Waals surface area contributed by atoms with Crippen LogP contribution in [0.2, 0.25) is 0 Å². The number of nitrogens with zero attached hydrogens (tertiary/aromatic N) is 4. The van der Waals surface area contributed by atoms with Crippen molar-refractivity contribution in [3.63, 3.8) is 0 Å². The zero-order chi connectivity index (χ0) is 24.3. The Morgan fingerprint density at radius 2 is 1.71 bits per heavy atom. The highest BCUT2D eigenvalue weighted by Gasteiger charge is 2.24. The third kappa shape index (κ3) is 5.53. The van der Waals surface area contributed by atoms with Gasteiger partial charge in [-0.25, -0.2) is 4.68 Å². The molecule has 0 atom stereocenters. The van der Waals surface area contributed by atoms with Gasteiger partial charge >= 0.3 is 0 Å². The van der Waals surface area contributed by atoms with Crippen molar-refractivity contribution >= 4 is 5.69 Å². The molecule has 182 valence electrons. The molecule has 3 aromatic rings. The molecule has 4 rings (SSSR count). The first-order valence-corrected chi connectivity index (χ1v) is 12.6. The van der Waals surface area contributed by atoms with Crippen LogP contribution in [-0.4, -0.2) is 53.9 Å². The zero-order valence-corrected chi connectivity index (χ0v) is 21.9. The van der Waals surface area contributed by atoms with Crippen LogP contribution in [0.5, 0.6) is 0 Å². The second-order valence-electron chi connectivity index (χ2n) is 10.7. The fourth-order valence-electron chi connectivity index (χ4n) is 5.19. The van der Waals surface area contributed by atoms with Gasteiger partial charge in [0.25, 0.3) is 0 Å². The van der Waals surface area contributed by atoms with Gasteiger partial charge in [0.1, 0.15) is 0 Å². The van der Waals surface area contributed by atoms with Crippen LogP contribution in [0.25, 0.3) is 5.69 Å². The largest absolute Gasteiger partial charge is 0.369 e. The van der Waals surface area contributed by atoms with Crippen LogP contribution in [0.1, 0.15) is 48.6 Å². The molecule has 0 spiro atoms. The first-order valence-electron chi connectivity index (χ1n) is 12.6. The van der Waals surface area contributed by atoms with E-state index in [0.29, 0.717) is 0 Å². The van der Waals surface area contributed by atoms with Crippen molar-refractivity contribution < 1.29 is 0 Å². The fourth-order valence-corrected chi connectivity index (χ4v) is 5.19. The second kappa shape index (κ2) is 10.3. The molecule has 1 aromatic heterocycles. The molecule has 0 saturated carbocycles. The first kappa shape index (κ1) is 24.5. The molecule has 34 heavy (non-hydrogen) atoms. The Labute approximate surface area is 205 Å². The van der Waals surface area contributed by atoms with Crippen LogP contribution in [0.15, 0.2) is 48.8 Å². The molecule has 2 heterocycles. The van der Waals surface area contributed by atoms with Gasteiger partial charge in [0.05, 0.1) is 5.69 Å². The predicted molar refractivity (Wildman–Crippen MR) is 143 cm³/mol. The van der Waals surface area contributed by atoms with E-state index in [2.05, 4.69) is 92.1 Å². The topological polar surface area (TPSA) is 36.3 Å². The zero-order valence-electron chi connectivity index (χ0n) is 21.9. The van der Waals surface area contributed by atoms with Crippen LogP contribution >= 0.6 is 0 Å². The van der Waals surface area contributed by atoms with Crippen molar-refractivity contribution in [2.45, 2.75) is 53.5 Å². The molecule has 5 heteroatoms. The normalized spacial score (nSPS) is 15.2. The number of hydrogen-bond acceptors (Lipinski definition) is 4. The van der Waals surface area contributed by atoms with Gasteiger partial charge in [-0.05, 0) is 72.2 Å². The van der Waals surface area contributed by atoms with E-state index < -0.39 is 0 Å². The summed E-state index contributed by atoms with van der Waals surface area (Å²) in [5.74, 6) is 0. The Hall–Kier alpha value is -2.63. The van der Waals surface area contributed by atoms with E-state index in [4.69, 9.17) is 0 Å². The summed E-state index contributed by atoms with van der Waals surface area (Å²) in [6.45, 7) is 20.9. The van der Waals surface area contributed by atoms with Crippen LogP contribution < -0.4 is 10.2 Å². The van der Waals surface area contributed by atoms with E-state index in [9.17, 15) is 0 Å². The standard InChI is InChI=1S/C29H41N5/c1-22-19-25(28(29(4,5)6)27(20-22)34-13-8-11-31-34)21-30-12-14-32-15-17-33(18-16-32)26-10-7-9-23(2)24(26)3/h7-11,13,19-20,30H,12,14-18,21H2,1-6H3. The number of anilines is 1. The van der Waals surface area contributed by atoms with Gasteiger partial charge in [0.15, 0.2) is 0 Å². The van der Waals surface area contributed by atoms with E-state index in [1.54, 1.807) is 0 Å². The van der Waals surface area contributed by atoms with E-state index in [1.165, 1.54) is 39.2 Å². The molecule has 1 aliphatic rings. The number of aromatic nitrogens is 2. The quantitative estimate of drug-likeness (QED) is 0.504. The van der Waals surface area contributed by atoms with Gasteiger partial charge in [0.2, 0.25) is 0 Å². The Kier molecular flexibility index (Phi) is 7.44. The predicted octanol–water partition coefficient (Wildman–Crippen LogP) is 5.01. The molecule has 2 aromatic carbocycles. The molecule has 1 N–H and O–H groups in total. The molecule has 1 saturated heterocycles. The van der Waals surface area contributed by atoms with Crippen LogP contribution in [-0.2, 0) is 12.0 Å². The molecule has 0 amide bonds. The van der Waals surface area contributed by atoms with Gasteiger partial charge in [-0.2, -0.15) is 5.10 Å². The lowest BCUT2D eigenvalue weighted by atomic mass is 9.81. The average Bonchev–Trinajstić information content (AvgIpc) is 3.33. The van der Waals surface area contributed by atoms with Gasteiger partial charge in [-0.1, -0.05) is 39.0 Å². The monoisotopic (exact) mass is 459 g/mol. The van der Waals surface area contributed by atoms with Crippen molar-refractivity contribution in [1.29, 1.82) is 0 Å². The number of benzene rings is 2. The Morgan fingerprint density at radius 3 is 2.38 bits per heavy atom. The first-order chi connectivity index (χ1) is 16.2. The summed E-state index contributed by atoms with van der Waals surface area (Å²) in [4.78, 5) is 5.14. The van der Waals surface area contributed by atoms with Crippen LogP contribution in [0.3, 0.4) is 0 Å². The number of nitrogens with one attached hydrogen (secondary N) is 1. The number of piperazine rings is 1. The summed E-state index contributed by atoms with van der Waals surface area (Å²) in [5, 5.41) is 8.26. The number of aryl methyl sites for hydroxylation is 2. The summed E-state index contributed by atoms with van der Waals surface area (Å²) < 4.78 is 2.01. The molecule has 0 unspecified atom stereocenters. The fraction of sp³-hybridized carbons (Fsp3) is 0.483. The maximum absolute atomic E-state index is 4.52. The average molecular weight is 460 g/mol. The van der Waals surface area contributed by atoms with E-state index in [-0.39, 0.29) is 5.41 Å². The smallest absolute Gasteiger partial charge is 0.0688 e. The van der Waals surface area contributed by atoms with Crippen molar-refractivity contribution in [2.75, 3.05) is 44.2 Å². The number of hydrogen-bond donors (Lipinski definition) is 1. The maximum atomic E-state index is 4.52. The molecular weight excluding hydrogens is 418 g/mol. The van der Waals surface area contributed by atoms with E-state index in [0.717, 1.165) is 45.8 Å². The Morgan fingerprint density at radius 1 is 0.941 bits per heavy atom. The molecule has 0 aliphatic carbocycles. The maximum Gasteiger partial charge on any atom is 0.0688 e. The van der Waals surface area contributed by atoms with Crippen LogP contribution in [0, 0.1) is 20.8 Å². The van der Waals surface area contributed by atoms with Gasteiger partial charge in [-0.15, -0.1) is 0 Å². The minimum Gasteiger partial charge on any atom is -0.369 e. The lowest BCUT2D eigenvalue weighted by Crippen LogP contribution is -2.48. The van der Waals surface area contributed by atoms with Gasteiger partial charge < -0.3 is 10.2 Å². The van der Waals surface area contributed by atoms with Crippen molar-refractivity contribution in [3.05, 3.63) is 76.6 Å². The van der Waals surface area contributed by atoms with Gasteiger partial charge in [-0.3, -0.25) is 4.90 Å². The van der Waals surface area contributed by atoms with E-state index in [1.807, 2.05) is 23.1 Å².